The molecule has 1 aromatic heterocycles. The largest absolute Gasteiger partial charge is 0.336 e. The number of hydrogen-bond acceptors (Lipinski definition) is 5. The standard InChI is InChI=1S/C22H24N4O2S/c1-15-5-7-17(8-6-15)20-13-21(27)25(14-16(2)24-23-3)22(28)26(20)18-9-11-19(29-4)12-10-18/h5-13,23H,14H2,1-4H3. The Morgan fingerprint density at radius 1 is 1.07 bits per heavy atom. The van der Waals surface area contributed by atoms with E-state index in [9.17, 15) is 9.59 Å². The Kier molecular flexibility index (Phi) is 6.39. The number of hydrogen-bond donors (Lipinski definition) is 1. The van der Waals surface area contributed by atoms with E-state index in [1.54, 1.807) is 30.3 Å². The van der Waals surface area contributed by atoms with Crippen LogP contribution < -0.4 is 16.7 Å². The van der Waals surface area contributed by atoms with Crippen LogP contribution in [0.3, 0.4) is 0 Å². The van der Waals surface area contributed by atoms with Crippen LogP contribution in [0.2, 0.25) is 0 Å². The molecular formula is C22H24N4O2S. The van der Waals surface area contributed by atoms with Gasteiger partial charge < -0.3 is 5.43 Å². The highest BCUT2D eigenvalue weighted by atomic mass is 32.2. The van der Waals surface area contributed by atoms with E-state index >= 15 is 0 Å². The van der Waals surface area contributed by atoms with Gasteiger partial charge in [-0.05, 0) is 49.9 Å². The van der Waals surface area contributed by atoms with Crippen LogP contribution in [-0.4, -0.2) is 28.1 Å². The van der Waals surface area contributed by atoms with E-state index < -0.39 is 5.69 Å². The normalized spacial score (nSPS) is 11.5. The SMILES string of the molecule is CNN=C(C)Cn1c(=O)cc(-c2ccc(C)cc2)n(-c2ccc(SC)cc2)c1=O. The maximum atomic E-state index is 13.4. The van der Waals surface area contributed by atoms with Crippen molar-refractivity contribution < 1.29 is 0 Å². The van der Waals surface area contributed by atoms with E-state index in [4.69, 9.17) is 0 Å². The van der Waals surface area contributed by atoms with Crippen LogP contribution in [0.25, 0.3) is 16.9 Å². The van der Waals surface area contributed by atoms with Gasteiger partial charge in [0.15, 0.2) is 0 Å². The van der Waals surface area contributed by atoms with Crippen molar-refractivity contribution in [3.63, 3.8) is 0 Å². The summed E-state index contributed by atoms with van der Waals surface area (Å²) in [5, 5.41) is 4.07. The minimum atomic E-state index is -0.393. The van der Waals surface area contributed by atoms with Crippen LogP contribution in [0, 0.1) is 6.92 Å². The highest BCUT2D eigenvalue weighted by Gasteiger charge is 2.15. The van der Waals surface area contributed by atoms with Crippen LogP contribution in [0.5, 0.6) is 0 Å². The molecular weight excluding hydrogens is 384 g/mol. The number of aromatic nitrogens is 2. The quantitative estimate of drug-likeness (QED) is 0.386. The van der Waals surface area contributed by atoms with Gasteiger partial charge in [-0.1, -0.05) is 29.8 Å². The smallest absolute Gasteiger partial charge is 0.313 e. The third-order valence-electron chi connectivity index (χ3n) is 4.56. The van der Waals surface area contributed by atoms with Crippen LogP contribution in [0.15, 0.2) is 74.2 Å². The number of rotatable bonds is 6. The van der Waals surface area contributed by atoms with Crippen molar-refractivity contribution in [2.75, 3.05) is 13.3 Å². The first-order valence-corrected chi connectivity index (χ1v) is 10.5. The van der Waals surface area contributed by atoms with Gasteiger partial charge in [-0.2, -0.15) is 5.10 Å². The summed E-state index contributed by atoms with van der Waals surface area (Å²) < 4.78 is 2.79. The average molecular weight is 409 g/mol. The molecule has 6 nitrogen and oxygen atoms in total. The van der Waals surface area contributed by atoms with Gasteiger partial charge in [0.1, 0.15) is 0 Å². The molecule has 0 radical (unpaired) electrons. The number of hydrazone groups is 1. The molecule has 3 rings (SSSR count). The molecule has 0 saturated heterocycles. The fourth-order valence-corrected chi connectivity index (χ4v) is 3.50. The Labute approximate surface area is 173 Å². The maximum absolute atomic E-state index is 13.4. The zero-order chi connectivity index (χ0) is 21.0. The Hall–Kier alpha value is -3.06. The zero-order valence-corrected chi connectivity index (χ0v) is 17.8. The first kappa shape index (κ1) is 20.7. The van der Waals surface area contributed by atoms with Crippen LogP contribution >= 0.6 is 11.8 Å². The average Bonchev–Trinajstić information content (AvgIpc) is 2.72. The maximum Gasteiger partial charge on any atom is 0.336 e. The summed E-state index contributed by atoms with van der Waals surface area (Å²) in [7, 11) is 1.68. The van der Waals surface area contributed by atoms with Gasteiger partial charge >= 0.3 is 5.69 Å². The fourth-order valence-electron chi connectivity index (χ4n) is 3.10. The molecule has 1 heterocycles. The van der Waals surface area contributed by atoms with Gasteiger partial charge in [0.25, 0.3) is 5.56 Å². The monoisotopic (exact) mass is 408 g/mol. The second kappa shape index (κ2) is 8.96. The van der Waals surface area contributed by atoms with E-state index in [0.717, 1.165) is 16.0 Å². The van der Waals surface area contributed by atoms with E-state index in [-0.39, 0.29) is 12.1 Å². The fraction of sp³-hybridized carbons (Fsp3) is 0.227. The number of nitrogens with zero attached hydrogens (tertiary/aromatic N) is 3. The van der Waals surface area contributed by atoms with Crippen molar-refractivity contribution in [3.8, 4) is 16.9 Å². The van der Waals surface area contributed by atoms with Crippen molar-refractivity contribution in [3.05, 3.63) is 81.0 Å². The van der Waals surface area contributed by atoms with Crippen molar-refractivity contribution in [1.29, 1.82) is 0 Å². The Balaban J connectivity index is 2.27. The molecule has 0 aliphatic heterocycles. The molecule has 0 atom stereocenters. The second-order valence-electron chi connectivity index (χ2n) is 6.71. The number of nitrogens with one attached hydrogen (secondary N) is 1. The molecule has 29 heavy (non-hydrogen) atoms. The van der Waals surface area contributed by atoms with E-state index in [0.29, 0.717) is 17.1 Å². The summed E-state index contributed by atoms with van der Waals surface area (Å²) in [5.41, 5.74) is 5.78. The van der Waals surface area contributed by atoms with Crippen molar-refractivity contribution in [1.82, 2.24) is 14.6 Å². The minimum absolute atomic E-state index is 0.121. The Morgan fingerprint density at radius 2 is 1.72 bits per heavy atom. The summed E-state index contributed by atoms with van der Waals surface area (Å²) in [6, 6.07) is 17.0. The molecule has 2 aromatic carbocycles. The third kappa shape index (κ3) is 4.51. The summed E-state index contributed by atoms with van der Waals surface area (Å²) in [4.78, 5) is 27.3. The highest BCUT2D eigenvalue weighted by molar-refractivity contribution is 7.98. The predicted octanol–water partition coefficient (Wildman–Crippen LogP) is 3.29. The molecule has 0 aliphatic carbocycles. The lowest BCUT2D eigenvalue weighted by molar-refractivity contribution is 0.694. The molecule has 150 valence electrons. The molecule has 0 unspecified atom stereocenters. The summed E-state index contributed by atoms with van der Waals surface area (Å²) in [6.45, 7) is 3.89. The number of aryl methyl sites for hydroxylation is 1. The van der Waals surface area contributed by atoms with Crippen molar-refractivity contribution in [2.24, 2.45) is 5.10 Å². The lowest BCUT2D eigenvalue weighted by Gasteiger charge is -2.16. The molecule has 3 aromatic rings. The first-order valence-electron chi connectivity index (χ1n) is 9.23. The summed E-state index contributed by atoms with van der Waals surface area (Å²) in [6.07, 6.45) is 2.00. The molecule has 0 fully saturated rings. The van der Waals surface area contributed by atoms with E-state index in [1.807, 2.05) is 61.7 Å². The molecule has 0 amide bonds. The van der Waals surface area contributed by atoms with E-state index in [2.05, 4.69) is 10.5 Å². The molecule has 1 N–H and O–H groups in total. The van der Waals surface area contributed by atoms with Gasteiger partial charge in [0, 0.05) is 18.0 Å². The van der Waals surface area contributed by atoms with Gasteiger partial charge in [0.2, 0.25) is 0 Å². The molecule has 7 heteroatoms. The topological polar surface area (TPSA) is 68.4 Å². The lowest BCUT2D eigenvalue weighted by Crippen LogP contribution is -2.41. The van der Waals surface area contributed by atoms with Crippen LogP contribution in [0.1, 0.15) is 12.5 Å². The predicted molar refractivity (Wildman–Crippen MR) is 120 cm³/mol. The van der Waals surface area contributed by atoms with E-state index in [1.165, 1.54) is 10.6 Å². The molecule has 0 saturated carbocycles. The van der Waals surface area contributed by atoms with Gasteiger partial charge in [0.05, 0.1) is 23.6 Å². The van der Waals surface area contributed by atoms with Gasteiger partial charge in [-0.25, -0.2) is 4.79 Å². The summed E-state index contributed by atoms with van der Waals surface area (Å²) in [5.74, 6) is 0. The lowest BCUT2D eigenvalue weighted by atomic mass is 10.1. The highest BCUT2D eigenvalue weighted by Crippen LogP contribution is 2.22. The molecule has 0 spiro atoms. The van der Waals surface area contributed by atoms with Crippen molar-refractivity contribution >= 4 is 17.5 Å². The van der Waals surface area contributed by atoms with Gasteiger partial charge in [-0.15, -0.1) is 11.8 Å². The van der Waals surface area contributed by atoms with Gasteiger partial charge in [-0.3, -0.25) is 13.9 Å². The Morgan fingerprint density at radius 3 is 2.31 bits per heavy atom. The second-order valence-corrected chi connectivity index (χ2v) is 7.59. The molecule has 0 bridgehead atoms. The molecule has 0 aliphatic rings. The number of thioether (sulfide) groups is 1. The minimum Gasteiger partial charge on any atom is -0.313 e. The van der Waals surface area contributed by atoms with Crippen molar-refractivity contribution in [2.45, 2.75) is 25.3 Å². The van der Waals surface area contributed by atoms with Crippen LogP contribution in [-0.2, 0) is 6.54 Å². The number of benzene rings is 2. The Bertz CT molecular complexity index is 1140. The third-order valence-corrected chi connectivity index (χ3v) is 5.30. The summed E-state index contributed by atoms with van der Waals surface area (Å²) >= 11 is 1.63. The zero-order valence-electron chi connectivity index (χ0n) is 17.0. The first-order chi connectivity index (χ1) is 13.9. The van der Waals surface area contributed by atoms with Crippen LogP contribution in [0.4, 0.5) is 0 Å².